The fourth-order valence-electron chi connectivity index (χ4n) is 3.82. The van der Waals surface area contributed by atoms with Crippen LogP contribution in [0.1, 0.15) is 46.1 Å². The number of nitrogens with one attached hydrogen (secondary N) is 2. The maximum absolute atomic E-state index is 12.5. The topological polar surface area (TPSA) is 85.9 Å². The molecule has 0 aliphatic heterocycles. The van der Waals surface area contributed by atoms with E-state index in [0.717, 1.165) is 35.6 Å². The maximum atomic E-state index is 12.5. The molecule has 0 spiro atoms. The average Bonchev–Trinajstić information content (AvgIpc) is 2.93. The average molecular weight is 595 g/mol. The summed E-state index contributed by atoms with van der Waals surface area (Å²) in [6.45, 7) is 9.87. The van der Waals surface area contributed by atoms with Crippen LogP contribution in [0.4, 0.5) is 5.69 Å². The Labute approximate surface area is 246 Å². The van der Waals surface area contributed by atoms with E-state index >= 15 is 0 Å². The largest absolute Gasteiger partial charge is 0.492 e. The molecule has 0 fully saturated rings. The number of rotatable bonds is 21. The Morgan fingerprint density at radius 2 is 1.64 bits per heavy atom. The van der Waals surface area contributed by atoms with Crippen LogP contribution in [0.5, 0.6) is 11.5 Å². The van der Waals surface area contributed by atoms with Gasteiger partial charge in [-0.2, -0.15) is 0 Å². The smallest absolute Gasteiger partial charge is 0.161 e. The SMILES string of the molecule is CC(CC(C)C(=O)COCCOc1cccc(NSSS)c1)NCCOc1cccc(CCC(=O)C(C)C)c1. The molecule has 0 heterocycles. The Kier molecular flexibility index (Phi) is 16.5. The molecule has 0 aliphatic rings. The third-order valence-corrected chi connectivity index (χ3v) is 7.63. The molecule has 10 heteroatoms. The number of carbonyl (C=O) groups is 2. The molecule has 7 nitrogen and oxygen atoms in total. The van der Waals surface area contributed by atoms with Crippen LogP contribution in [-0.4, -0.2) is 50.6 Å². The van der Waals surface area contributed by atoms with Crippen molar-refractivity contribution in [3.05, 3.63) is 54.1 Å². The van der Waals surface area contributed by atoms with Gasteiger partial charge < -0.3 is 24.2 Å². The summed E-state index contributed by atoms with van der Waals surface area (Å²) in [7, 11) is 2.74. The molecule has 2 aromatic carbocycles. The van der Waals surface area contributed by atoms with Crippen LogP contribution in [0.2, 0.25) is 0 Å². The first-order valence-electron chi connectivity index (χ1n) is 13.3. The summed E-state index contributed by atoms with van der Waals surface area (Å²) in [5.41, 5.74) is 2.03. The third-order valence-electron chi connectivity index (χ3n) is 6.09. The van der Waals surface area contributed by atoms with Crippen molar-refractivity contribution in [2.45, 2.75) is 53.0 Å². The van der Waals surface area contributed by atoms with Crippen molar-refractivity contribution < 1.29 is 23.8 Å². The van der Waals surface area contributed by atoms with E-state index in [1.807, 2.05) is 69.3 Å². The molecule has 0 aliphatic carbocycles. The highest BCUT2D eigenvalue weighted by Gasteiger charge is 2.16. The zero-order valence-corrected chi connectivity index (χ0v) is 25.8. The highest BCUT2D eigenvalue weighted by Crippen LogP contribution is 2.28. The number of benzene rings is 2. The van der Waals surface area contributed by atoms with Crippen molar-refractivity contribution in [2.75, 3.05) is 37.7 Å². The molecule has 0 saturated heterocycles. The van der Waals surface area contributed by atoms with Crippen molar-refractivity contribution in [3.8, 4) is 11.5 Å². The van der Waals surface area contributed by atoms with Crippen molar-refractivity contribution in [1.29, 1.82) is 0 Å². The lowest BCUT2D eigenvalue weighted by Gasteiger charge is -2.18. The van der Waals surface area contributed by atoms with Gasteiger partial charge in [0.05, 0.1) is 6.61 Å². The van der Waals surface area contributed by atoms with E-state index in [4.69, 9.17) is 14.2 Å². The second-order valence-electron chi connectivity index (χ2n) is 9.76. The predicted octanol–water partition coefficient (Wildman–Crippen LogP) is 6.45. The number of Topliss-reactive ketones (excluding diaryl/α,β-unsaturated/α-hetero) is 2. The third kappa shape index (κ3) is 14.4. The Morgan fingerprint density at radius 1 is 0.923 bits per heavy atom. The van der Waals surface area contributed by atoms with Crippen LogP contribution in [-0.2, 0) is 20.7 Å². The van der Waals surface area contributed by atoms with E-state index in [1.165, 1.54) is 20.8 Å². The quantitative estimate of drug-likeness (QED) is 0.0654. The highest BCUT2D eigenvalue weighted by atomic mass is 33.5. The molecule has 0 saturated carbocycles. The molecule has 0 radical (unpaired) electrons. The lowest BCUT2D eigenvalue weighted by atomic mass is 9.98. The van der Waals surface area contributed by atoms with Gasteiger partial charge in [-0.3, -0.25) is 9.59 Å². The molecule has 2 rings (SSSR count). The number of hydrogen-bond donors (Lipinski definition) is 3. The molecule has 0 aromatic heterocycles. The molecular weight excluding hydrogens is 553 g/mol. The Morgan fingerprint density at radius 3 is 2.38 bits per heavy atom. The Bertz CT molecular complexity index is 1010. The monoisotopic (exact) mass is 594 g/mol. The lowest BCUT2D eigenvalue weighted by Crippen LogP contribution is -2.33. The molecule has 2 atom stereocenters. The summed E-state index contributed by atoms with van der Waals surface area (Å²) in [4.78, 5) is 24.4. The van der Waals surface area contributed by atoms with E-state index in [2.05, 4.69) is 28.6 Å². The van der Waals surface area contributed by atoms with Gasteiger partial charge in [0.1, 0.15) is 37.1 Å². The van der Waals surface area contributed by atoms with Crippen LogP contribution in [0, 0.1) is 11.8 Å². The standard InChI is InChI=1S/C29H42N2O5S3/c1-21(2)28(32)12-11-24-7-5-9-26(18-24)35-14-13-30-23(4)17-22(3)29(33)20-34-15-16-36-27-10-6-8-25(19-27)31-38-39-37/h5-10,18-19,21-23,30-31,37H,11-17,20H2,1-4H3. The Hall–Kier alpha value is -1.85. The second kappa shape index (κ2) is 19.3. The molecule has 2 aromatic rings. The number of aryl methyl sites for hydroxylation is 1. The molecule has 39 heavy (non-hydrogen) atoms. The lowest BCUT2D eigenvalue weighted by molar-refractivity contribution is -0.127. The van der Waals surface area contributed by atoms with E-state index in [-0.39, 0.29) is 36.1 Å². The highest BCUT2D eigenvalue weighted by molar-refractivity contribution is 9.05. The summed E-state index contributed by atoms with van der Waals surface area (Å²) in [5, 5.41) is 3.42. The fourth-order valence-corrected chi connectivity index (χ4v) is 4.81. The van der Waals surface area contributed by atoms with Crippen molar-refractivity contribution in [2.24, 2.45) is 11.8 Å². The van der Waals surface area contributed by atoms with Crippen LogP contribution >= 0.6 is 32.5 Å². The van der Waals surface area contributed by atoms with Gasteiger partial charge in [0.15, 0.2) is 5.78 Å². The van der Waals surface area contributed by atoms with Crippen LogP contribution in [0.15, 0.2) is 48.5 Å². The van der Waals surface area contributed by atoms with Gasteiger partial charge in [-0.05, 0) is 59.4 Å². The molecule has 2 N–H and O–H groups in total. The molecule has 2 unspecified atom stereocenters. The van der Waals surface area contributed by atoms with Gasteiger partial charge >= 0.3 is 0 Å². The van der Waals surface area contributed by atoms with Crippen molar-refractivity contribution in [3.63, 3.8) is 0 Å². The fraction of sp³-hybridized carbons (Fsp3) is 0.517. The summed E-state index contributed by atoms with van der Waals surface area (Å²) in [6.07, 6.45) is 2.01. The van der Waals surface area contributed by atoms with Gasteiger partial charge in [0.2, 0.25) is 0 Å². The molecule has 216 valence electrons. The van der Waals surface area contributed by atoms with Crippen LogP contribution in [0.3, 0.4) is 0 Å². The first kappa shape index (κ1) is 33.4. The first-order chi connectivity index (χ1) is 18.8. The minimum Gasteiger partial charge on any atom is -0.492 e. The van der Waals surface area contributed by atoms with E-state index in [1.54, 1.807) is 0 Å². The van der Waals surface area contributed by atoms with E-state index < -0.39 is 0 Å². The van der Waals surface area contributed by atoms with E-state index in [9.17, 15) is 9.59 Å². The number of carbonyl (C=O) groups excluding carboxylic acids is 2. The molecule has 0 amide bonds. The number of ketones is 2. The first-order valence-corrected chi connectivity index (χ1v) is 16.5. The zero-order valence-electron chi connectivity index (χ0n) is 23.3. The number of hydrogen-bond acceptors (Lipinski definition) is 10. The van der Waals surface area contributed by atoms with Crippen molar-refractivity contribution >= 4 is 49.7 Å². The summed E-state index contributed by atoms with van der Waals surface area (Å²) < 4.78 is 20.3. The van der Waals surface area contributed by atoms with Gasteiger partial charge in [0, 0.05) is 53.6 Å². The van der Waals surface area contributed by atoms with Crippen LogP contribution in [0.25, 0.3) is 0 Å². The van der Waals surface area contributed by atoms with Gasteiger partial charge in [-0.1, -0.05) is 50.6 Å². The normalized spacial score (nSPS) is 12.7. The Balaban J connectivity index is 1.57. The second-order valence-corrected chi connectivity index (χ2v) is 12.6. The zero-order chi connectivity index (χ0) is 28.5. The summed E-state index contributed by atoms with van der Waals surface area (Å²) >= 11 is 4.08. The minimum absolute atomic E-state index is 0.0709. The summed E-state index contributed by atoms with van der Waals surface area (Å²) in [5.74, 6) is 1.87. The minimum atomic E-state index is -0.107. The van der Waals surface area contributed by atoms with E-state index in [0.29, 0.717) is 32.8 Å². The van der Waals surface area contributed by atoms with Gasteiger partial charge in [-0.15, -0.1) is 0 Å². The predicted molar refractivity (Wildman–Crippen MR) is 167 cm³/mol. The van der Waals surface area contributed by atoms with Gasteiger partial charge in [-0.25, -0.2) is 0 Å². The van der Waals surface area contributed by atoms with Gasteiger partial charge in [0.25, 0.3) is 0 Å². The number of thiol groups is 1. The maximum Gasteiger partial charge on any atom is 0.161 e. The van der Waals surface area contributed by atoms with Crippen LogP contribution < -0.4 is 19.5 Å². The molecular formula is C29H42N2O5S3. The summed E-state index contributed by atoms with van der Waals surface area (Å²) in [6, 6.07) is 15.7. The molecule has 0 bridgehead atoms. The number of ether oxygens (including phenoxy) is 3. The number of anilines is 1. The van der Waals surface area contributed by atoms with Crippen molar-refractivity contribution in [1.82, 2.24) is 5.32 Å².